The fourth-order valence-electron chi connectivity index (χ4n) is 2.09. The van der Waals surface area contributed by atoms with E-state index in [2.05, 4.69) is 15.6 Å². The molecule has 2 amide bonds. The third-order valence-electron chi connectivity index (χ3n) is 3.17. The van der Waals surface area contributed by atoms with Gasteiger partial charge in [-0.25, -0.2) is 4.98 Å². The maximum absolute atomic E-state index is 12.3. The van der Waals surface area contributed by atoms with Crippen molar-refractivity contribution in [1.29, 1.82) is 0 Å². The van der Waals surface area contributed by atoms with E-state index in [0.29, 0.717) is 23.7 Å². The van der Waals surface area contributed by atoms with E-state index in [0.717, 1.165) is 0 Å². The number of oxazole rings is 1. The second-order valence-corrected chi connectivity index (χ2v) is 5.44. The summed E-state index contributed by atoms with van der Waals surface area (Å²) >= 11 is 0. The predicted octanol–water partition coefficient (Wildman–Crippen LogP) is 2.57. The summed E-state index contributed by atoms with van der Waals surface area (Å²) in [6, 6.07) is 6.82. The number of nitrogens with one attached hydrogen (secondary N) is 2. The van der Waals surface area contributed by atoms with Gasteiger partial charge in [0.05, 0.1) is 0 Å². The van der Waals surface area contributed by atoms with Crippen molar-refractivity contribution >= 4 is 17.5 Å². The predicted molar refractivity (Wildman–Crippen MR) is 89.2 cm³/mol. The van der Waals surface area contributed by atoms with Gasteiger partial charge in [0.25, 0.3) is 11.8 Å². The number of carbonyl (C=O) groups is 2. The van der Waals surface area contributed by atoms with E-state index in [9.17, 15) is 9.59 Å². The largest absolute Gasteiger partial charge is 0.484 e. The third-order valence-corrected chi connectivity index (χ3v) is 3.17. The van der Waals surface area contributed by atoms with E-state index in [1.165, 1.54) is 6.39 Å². The molecule has 0 atom stereocenters. The van der Waals surface area contributed by atoms with Crippen LogP contribution in [0.5, 0.6) is 5.75 Å². The van der Waals surface area contributed by atoms with Gasteiger partial charge in [0, 0.05) is 24.2 Å². The Morgan fingerprint density at radius 2 is 2.12 bits per heavy atom. The highest BCUT2D eigenvalue weighted by Crippen LogP contribution is 2.21. The smallest absolute Gasteiger partial charge is 0.277 e. The highest BCUT2D eigenvalue weighted by atomic mass is 16.5. The zero-order chi connectivity index (χ0) is 17.5. The quantitative estimate of drug-likeness (QED) is 0.813. The highest BCUT2D eigenvalue weighted by molar-refractivity contribution is 6.03. The lowest BCUT2D eigenvalue weighted by molar-refractivity contribution is -0.122. The molecule has 2 rings (SSSR count). The molecule has 0 bridgehead atoms. The molecule has 0 spiro atoms. The van der Waals surface area contributed by atoms with E-state index >= 15 is 0 Å². The molecule has 0 unspecified atom stereocenters. The van der Waals surface area contributed by atoms with Crippen molar-refractivity contribution in [2.45, 2.75) is 26.7 Å². The zero-order valence-electron chi connectivity index (χ0n) is 14.0. The van der Waals surface area contributed by atoms with E-state index in [4.69, 9.17) is 9.15 Å². The number of likely N-dealkylation sites (N-methyl/N-ethyl adjacent to an activating group) is 1. The Labute approximate surface area is 140 Å². The minimum Gasteiger partial charge on any atom is -0.484 e. The Hall–Kier alpha value is -2.83. The number of aromatic nitrogens is 1. The molecule has 0 fully saturated rings. The molecule has 0 saturated heterocycles. The number of benzene rings is 1. The van der Waals surface area contributed by atoms with Gasteiger partial charge in [0.15, 0.2) is 18.7 Å². The lowest BCUT2D eigenvalue weighted by Gasteiger charge is -2.09. The van der Waals surface area contributed by atoms with Crippen molar-refractivity contribution in [1.82, 2.24) is 10.3 Å². The molecule has 0 radical (unpaired) electrons. The van der Waals surface area contributed by atoms with Crippen LogP contribution in [0.1, 0.15) is 42.9 Å². The van der Waals surface area contributed by atoms with Crippen LogP contribution in [0.4, 0.5) is 5.69 Å². The van der Waals surface area contributed by atoms with Gasteiger partial charge < -0.3 is 19.8 Å². The lowest BCUT2D eigenvalue weighted by Crippen LogP contribution is -2.28. The summed E-state index contributed by atoms with van der Waals surface area (Å²) in [6.45, 7) is 6.16. The highest BCUT2D eigenvalue weighted by Gasteiger charge is 2.19. The summed E-state index contributed by atoms with van der Waals surface area (Å²) < 4.78 is 10.7. The van der Waals surface area contributed by atoms with Gasteiger partial charge in [0.2, 0.25) is 0 Å². The normalized spacial score (nSPS) is 10.5. The van der Waals surface area contributed by atoms with Crippen LogP contribution in [0.15, 0.2) is 35.1 Å². The summed E-state index contributed by atoms with van der Waals surface area (Å²) in [6.07, 6.45) is 1.26. The topological polar surface area (TPSA) is 93.5 Å². The SMILES string of the molecule is CCNC(=O)COc1cccc(NC(=O)c2ncoc2C(C)C)c1. The summed E-state index contributed by atoms with van der Waals surface area (Å²) in [5.74, 6) is 0.531. The summed E-state index contributed by atoms with van der Waals surface area (Å²) in [5, 5.41) is 5.40. The van der Waals surface area contributed by atoms with Gasteiger partial charge in [-0.15, -0.1) is 0 Å². The molecule has 24 heavy (non-hydrogen) atoms. The zero-order valence-corrected chi connectivity index (χ0v) is 14.0. The molecule has 0 aliphatic heterocycles. The summed E-state index contributed by atoms with van der Waals surface area (Å²) in [5.41, 5.74) is 0.810. The molecule has 7 heteroatoms. The Morgan fingerprint density at radius 3 is 2.83 bits per heavy atom. The summed E-state index contributed by atoms with van der Waals surface area (Å²) in [4.78, 5) is 27.7. The molecule has 7 nitrogen and oxygen atoms in total. The first-order valence-corrected chi connectivity index (χ1v) is 7.75. The third kappa shape index (κ3) is 4.58. The van der Waals surface area contributed by atoms with Gasteiger partial charge in [-0.1, -0.05) is 19.9 Å². The van der Waals surface area contributed by atoms with Crippen molar-refractivity contribution in [3.8, 4) is 5.75 Å². The van der Waals surface area contributed by atoms with Crippen LogP contribution in [0, 0.1) is 0 Å². The van der Waals surface area contributed by atoms with Crippen LogP contribution in [-0.4, -0.2) is 29.9 Å². The van der Waals surface area contributed by atoms with Crippen LogP contribution in [0.2, 0.25) is 0 Å². The van der Waals surface area contributed by atoms with Crippen molar-refractivity contribution < 1.29 is 18.7 Å². The first kappa shape index (κ1) is 17.5. The standard InChI is InChI=1S/C17H21N3O4/c1-4-18-14(21)9-23-13-7-5-6-12(8-13)20-17(22)15-16(11(2)3)24-10-19-15/h5-8,10-11H,4,9H2,1-3H3,(H,18,21)(H,20,22). The van der Waals surface area contributed by atoms with E-state index < -0.39 is 0 Å². The fourth-order valence-corrected chi connectivity index (χ4v) is 2.09. The van der Waals surface area contributed by atoms with Crippen molar-refractivity contribution in [3.05, 3.63) is 42.1 Å². The Balaban J connectivity index is 2.02. The maximum Gasteiger partial charge on any atom is 0.277 e. The molecular formula is C17H21N3O4. The van der Waals surface area contributed by atoms with Gasteiger partial charge in [-0.3, -0.25) is 9.59 Å². The molecule has 2 N–H and O–H groups in total. The molecule has 0 saturated carbocycles. The van der Waals surface area contributed by atoms with Crippen LogP contribution in [0.3, 0.4) is 0 Å². The van der Waals surface area contributed by atoms with Crippen molar-refractivity contribution in [2.24, 2.45) is 0 Å². The van der Waals surface area contributed by atoms with Gasteiger partial charge >= 0.3 is 0 Å². The number of rotatable bonds is 7. The summed E-state index contributed by atoms with van der Waals surface area (Å²) in [7, 11) is 0. The molecule has 0 aliphatic rings. The molecule has 1 heterocycles. The fraction of sp³-hybridized carbons (Fsp3) is 0.353. The number of hydrogen-bond acceptors (Lipinski definition) is 5. The number of hydrogen-bond donors (Lipinski definition) is 2. The average molecular weight is 331 g/mol. The van der Waals surface area contributed by atoms with Crippen LogP contribution in [0.25, 0.3) is 0 Å². The van der Waals surface area contributed by atoms with Crippen LogP contribution < -0.4 is 15.4 Å². The van der Waals surface area contributed by atoms with Gasteiger partial charge in [-0.2, -0.15) is 0 Å². The number of amides is 2. The van der Waals surface area contributed by atoms with Crippen molar-refractivity contribution in [3.63, 3.8) is 0 Å². The van der Waals surface area contributed by atoms with E-state index in [-0.39, 0.29) is 30.0 Å². The molecule has 1 aromatic carbocycles. The average Bonchev–Trinajstić information content (AvgIpc) is 3.04. The van der Waals surface area contributed by atoms with E-state index in [1.807, 2.05) is 20.8 Å². The van der Waals surface area contributed by atoms with Gasteiger partial charge in [0.1, 0.15) is 11.5 Å². The molecule has 0 aliphatic carbocycles. The second-order valence-electron chi connectivity index (χ2n) is 5.44. The minimum atomic E-state index is -0.353. The number of anilines is 1. The molecular weight excluding hydrogens is 310 g/mol. The minimum absolute atomic E-state index is 0.0556. The first-order valence-electron chi connectivity index (χ1n) is 7.75. The van der Waals surface area contributed by atoms with Gasteiger partial charge in [-0.05, 0) is 19.1 Å². The second kappa shape index (κ2) is 8.14. The monoisotopic (exact) mass is 331 g/mol. The number of carbonyl (C=O) groups excluding carboxylic acids is 2. The van der Waals surface area contributed by atoms with Crippen molar-refractivity contribution in [2.75, 3.05) is 18.5 Å². The molecule has 128 valence electrons. The lowest BCUT2D eigenvalue weighted by atomic mass is 10.1. The Bertz CT molecular complexity index is 709. The van der Waals surface area contributed by atoms with E-state index in [1.54, 1.807) is 24.3 Å². The number of nitrogens with zero attached hydrogens (tertiary/aromatic N) is 1. The molecule has 2 aromatic rings. The first-order chi connectivity index (χ1) is 11.5. The van der Waals surface area contributed by atoms with Crippen LogP contribution >= 0.6 is 0 Å². The maximum atomic E-state index is 12.3. The van der Waals surface area contributed by atoms with Crippen LogP contribution in [-0.2, 0) is 4.79 Å². The Morgan fingerprint density at radius 1 is 1.33 bits per heavy atom. The number of ether oxygens (including phenoxy) is 1. The Kier molecular flexibility index (Phi) is 5.95. The molecule has 1 aromatic heterocycles.